The second-order valence-corrected chi connectivity index (χ2v) is 4.21. The third-order valence-corrected chi connectivity index (χ3v) is 3.01. The number of thiol groups is 1. The molecule has 0 N–H and O–H groups in total. The van der Waals surface area contributed by atoms with Crippen molar-refractivity contribution in [2.24, 2.45) is 0 Å². The molecule has 3 rings (SSSR count). The van der Waals surface area contributed by atoms with Gasteiger partial charge in [0.15, 0.2) is 0 Å². The van der Waals surface area contributed by atoms with Gasteiger partial charge in [0.05, 0.1) is 0 Å². The van der Waals surface area contributed by atoms with Gasteiger partial charge in [-0.3, -0.25) is 0 Å². The van der Waals surface area contributed by atoms with Crippen molar-refractivity contribution in [3.8, 4) is 0 Å². The molecule has 0 aliphatic rings. The Labute approximate surface area is 93.9 Å². The average molecular weight is 210 g/mol. The van der Waals surface area contributed by atoms with Gasteiger partial charge in [-0.15, -0.1) is 12.6 Å². The Hall–Kier alpha value is -1.47. The predicted octanol–water partition coefficient (Wildman–Crippen LogP) is 4.28. The first-order valence-electron chi connectivity index (χ1n) is 4.95. The zero-order valence-electron chi connectivity index (χ0n) is 8.14. The number of hydrogen-bond donors (Lipinski definition) is 1. The van der Waals surface area contributed by atoms with E-state index in [1.54, 1.807) is 0 Å². The fourth-order valence-electron chi connectivity index (χ4n) is 2.00. The van der Waals surface area contributed by atoms with Gasteiger partial charge in [-0.05, 0) is 33.7 Å². The van der Waals surface area contributed by atoms with Crippen LogP contribution in [-0.4, -0.2) is 0 Å². The van der Waals surface area contributed by atoms with Crippen LogP contribution in [0.4, 0.5) is 0 Å². The standard InChI is InChI=1S/C14H10S/c15-12-7-8-14-11(9-12)6-5-10-3-1-2-4-13(10)14/h1-9,15H. The molecule has 0 saturated heterocycles. The Bertz CT molecular complexity index is 641. The highest BCUT2D eigenvalue weighted by molar-refractivity contribution is 7.80. The predicted molar refractivity (Wildman–Crippen MR) is 68.7 cm³/mol. The highest BCUT2D eigenvalue weighted by Gasteiger charge is 1.99. The van der Waals surface area contributed by atoms with E-state index in [2.05, 4.69) is 61.2 Å². The van der Waals surface area contributed by atoms with Crippen molar-refractivity contribution in [3.05, 3.63) is 54.6 Å². The van der Waals surface area contributed by atoms with E-state index >= 15 is 0 Å². The quantitative estimate of drug-likeness (QED) is 0.415. The van der Waals surface area contributed by atoms with Gasteiger partial charge in [0.25, 0.3) is 0 Å². The number of hydrogen-bond acceptors (Lipinski definition) is 1. The van der Waals surface area contributed by atoms with Gasteiger partial charge in [-0.25, -0.2) is 0 Å². The highest BCUT2D eigenvalue weighted by atomic mass is 32.1. The minimum Gasteiger partial charge on any atom is -0.143 e. The Morgan fingerprint density at radius 2 is 1.40 bits per heavy atom. The summed E-state index contributed by atoms with van der Waals surface area (Å²) < 4.78 is 0. The van der Waals surface area contributed by atoms with E-state index in [9.17, 15) is 0 Å². The molecule has 0 amide bonds. The first kappa shape index (κ1) is 8.81. The minimum absolute atomic E-state index is 1.01. The molecule has 0 radical (unpaired) electrons. The van der Waals surface area contributed by atoms with E-state index < -0.39 is 0 Å². The van der Waals surface area contributed by atoms with Gasteiger partial charge >= 0.3 is 0 Å². The van der Waals surface area contributed by atoms with E-state index in [0.29, 0.717) is 0 Å². The molecule has 0 aliphatic heterocycles. The van der Waals surface area contributed by atoms with Crippen molar-refractivity contribution in [1.29, 1.82) is 0 Å². The zero-order valence-corrected chi connectivity index (χ0v) is 9.04. The molecule has 0 fully saturated rings. The molecular weight excluding hydrogens is 200 g/mol. The molecule has 0 heterocycles. The monoisotopic (exact) mass is 210 g/mol. The Morgan fingerprint density at radius 3 is 2.33 bits per heavy atom. The summed E-state index contributed by atoms with van der Waals surface area (Å²) in [6.45, 7) is 0. The summed E-state index contributed by atoms with van der Waals surface area (Å²) in [6, 6.07) is 19.0. The van der Waals surface area contributed by atoms with Crippen molar-refractivity contribution in [2.75, 3.05) is 0 Å². The summed E-state index contributed by atoms with van der Waals surface area (Å²) in [6.07, 6.45) is 0. The van der Waals surface area contributed by atoms with Crippen molar-refractivity contribution < 1.29 is 0 Å². The largest absolute Gasteiger partial charge is 0.143 e. The zero-order chi connectivity index (χ0) is 10.3. The van der Waals surface area contributed by atoms with E-state index in [1.165, 1.54) is 21.5 Å². The molecule has 15 heavy (non-hydrogen) atoms. The molecule has 72 valence electrons. The molecule has 3 aromatic rings. The smallest absolute Gasteiger partial charge is 0.00463 e. The summed E-state index contributed by atoms with van der Waals surface area (Å²) >= 11 is 4.35. The van der Waals surface area contributed by atoms with Crippen LogP contribution in [0.5, 0.6) is 0 Å². The van der Waals surface area contributed by atoms with Crippen LogP contribution >= 0.6 is 12.6 Å². The lowest BCUT2D eigenvalue weighted by Gasteiger charge is -2.03. The summed E-state index contributed by atoms with van der Waals surface area (Å²) in [7, 11) is 0. The average Bonchev–Trinajstić information content (AvgIpc) is 2.28. The molecule has 0 bridgehead atoms. The van der Waals surface area contributed by atoms with Crippen molar-refractivity contribution in [3.63, 3.8) is 0 Å². The van der Waals surface area contributed by atoms with E-state index in [1.807, 2.05) is 6.07 Å². The van der Waals surface area contributed by atoms with Crippen molar-refractivity contribution in [2.45, 2.75) is 4.90 Å². The van der Waals surface area contributed by atoms with Gasteiger partial charge in [0, 0.05) is 4.90 Å². The lowest BCUT2D eigenvalue weighted by atomic mass is 10.0. The second-order valence-electron chi connectivity index (χ2n) is 3.69. The van der Waals surface area contributed by atoms with Crippen molar-refractivity contribution in [1.82, 2.24) is 0 Å². The SMILES string of the molecule is Sc1ccc2c(ccc3ccccc32)c1. The molecule has 0 aliphatic carbocycles. The van der Waals surface area contributed by atoms with Crippen LogP contribution in [0.25, 0.3) is 21.5 Å². The Balaban J connectivity index is 2.55. The summed E-state index contributed by atoms with van der Waals surface area (Å²) in [5.41, 5.74) is 0. The van der Waals surface area contributed by atoms with Crippen LogP contribution in [0.15, 0.2) is 59.5 Å². The van der Waals surface area contributed by atoms with Gasteiger partial charge < -0.3 is 0 Å². The summed E-state index contributed by atoms with van der Waals surface area (Å²) in [4.78, 5) is 1.01. The van der Waals surface area contributed by atoms with Crippen LogP contribution in [0.3, 0.4) is 0 Å². The van der Waals surface area contributed by atoms with Crippen LogP contribution < -0.4 is 0 Å². The molecule has 3 aromatic carbocycles. The topological polar surface area (TPSA) is 0 Å². The number of fused-ring (bicyclic) bond motifs is 3. The first-order chi connectivity index (χ1) is 7.34. The molecule has 0 aromatic heterocycles. The molecule has 0 atom stereocenters. The maximum absolute atomic E-state index is 4.35. The third-order valence-electron chi connectivity index (χ3n) is 2.73. The fraction of sp³-hybridized carbons (Fsp3) is 0. The molecule has 0 spiro atoms. The van der Waals surface area contributed by atoms with Crippen LogP contribution in [-0.2, 0) is 0 Å². The number of benzene rings is 3. The van der Waals surface area contributed by atoms with E-state index in [0.717, 1.165) is 4.90 Å². The molecular formula is C14H10S. The Morgan fingerprint density at radius 1 is 0.667 bits per heavy atom. The van der Waals surface area contributed by atoms with Crippen LogP contribution in [0, 0.1) is 0 Å². The number of rotatable bonds is 0. The molecule has 0 saturated carbocycles. The van der Waals surface area contributed by atoms with E-state index in [-0.39, 0.29) is 0 Å². The fourth-order valence-corrected chi connectivity index (χ4v) is 2.21. The van der Waals surface area contributed by atoms with Gasteiger partial charge in [-0.2, -0.15) is 0 Å². The maximum Gasteiger partial charge on any atom is 0.00463 e. The maximum atomic E-state index is 4.35. The van der Waals surface area contributed by atoms with Crippen LogP contribution in [0.2, 0.25) is 0 Å². The third kappa shape index (κ3) is 1.40. The first-order valence-corrected chi connectivity index (χ1v) is 5.40. The van der Waals surface area contributed by atoms with E-state index in [4.69, 9.17) is 0 Å². The van der Waals surface area contributed by atoms with Gasteiger partial charge in [0.1, 0.15) is 0 Å². The molecule has 0 unspecified atom stereocenters. The van der Waals surface area contributed by atoms with Gasteiger partial charge in [-0.1, -0.05) is 42.5 Å². The lowest BCUT2D eigenvalue weighted by Crippen LogP contribution is -1.77. The van der Waals surface area contributed by atoms with Crippen LogP contribution in [0.1, 0.15) is 0 Å². The molecule has 0 nitrogen and oxygen atoms in total. The highest BCUT2D eigenvalue weighted by Crippen LogP contribution is 2.26. The molecule has 1 heteroatoms. The minimum atomic E-state index is 1.01. The summed E-state index contributed by atoms with van der Waals surface area (Å²) in [5, 5.41) is 5.15. The van der Waals surface area contributed by atoms with Gasteiger partial charge in [0.2, 0.25) is 0 Å². The lowest BCUT2D eigenvalue weighted by molar-refractivity contribution is 1.53. The second kappa shape index (κ2) is 3.28. The van der Waals surface area contributed by atoms with Crippen molar-refractivity contribution >= 4 is 34.2 Å². The summed E-state index contributed by atoms with van der Waals surface area (Å²) in [5.74, 6) is 0. The Kier molecular flexibility index (Phi) is 1.93. The normalized spacial score (nSPS) is 11.0.